The third-order valence-corrected chi connectivity index (χ3v) is 7.28. The number of fused-ring (bicyclic) bond motifs is 2. The number of benzene rings is 3. The van der Waals surface area contributed by atoms with E-state index in [2.05, 4.69) is 60.7 Å². The van der Waals surface area contributed by atoms with Gasteiger partial charge in [0, 0.05) is 12.1 Å². The molecule has 28 heavy (non-hydrogen) atoms. The molecule has 3 heteroatoms. The highest BCUT2D eigenvalue weighted by Crippen LogP contribution is 2.35. The summed E-state index contributed by atoms with van der Waals surface area (Å²) in [5.41, 5.74) is 4.23. The molecule has 0 radical (unpaired) electrons. The zero-order valence-corrected chi connectivity index (χ0v) is 16.4. The van der Waals surface area contributed by atoms with Crippen molar-refractivity contribution in [3.8, 4) is 0 Å². The summed E-state index contributed by atoms with van der Waals surface area (Å²) < 4.78 is 13.5. The van der Waals surface area contributed by atoms with E-state index in [1.165, 1.54) is 16.3 Å². The second-order valence-electron chi connectivity index (χ2n) is 7.29. The Morgan fingerprint density at radius 1 is 0.929 bits per heavy atom. The molecule has 0 spiro atoms. The number of hydrogen-bond donors (Lipinski definition) is 0. The van der Waals surface area contributed by atoms with E-state index in [-0.39, 0.29) is 5.25 Å². The fraction of sp³-hybridized carbons (Fsp3) is 0.160. The van der Waals surface area contributed by atoms with Gasteiger partial charge < -0.3 is 0 Å². The van der Waals surface area contributed by atoms with E-state index in [0.29, 0.717) is 6.42 Å². The van der Waals surface area contributed by atoms with Crippen molar-refractivity contribution in [3.05, 3.63) is 96.1 Å². The highest BCUT2D eigenvalue weighted by Gasteiger charge is 2.29. The molecule has 3 aromatic rings. The average molecular weight is 384 g/mol. The molecule has 5 rings (SSSR count). The van der Waals surface area contributed by atoms with E-state index in [1.54, 1.807) is 0 Å². The molecule has 2 atom stereocenters. The molecule has 2 nitrogen and oxygen atoms in total. The Balaban J connectivity index is 1.65. The normalized spacial score (nSPS) is 21.6. The molecule has 0 bridgehead atoms. The van der Waals surface area contributed by atoms with Gasteiger partial charge in [0.05, 0.1) is 26.6 Å². The van der Waals surface area contributed by atoms with Crippen LogP contribution in [0, 0.1) is 0 Å². The molecule has 1 aliphatic carbocycles. The number of para-hydroxylation sites is 1. The van der Waals surface area contributed by atoms with Gasteiger partial charge in [0.15, 0.2) is 0 Å². The quantitative estimate of drug-likeness (QED) is 0.524. The number of aliphatic imine (C=N–C) groups is 1. The summed E-state index contributed by atoms with van der Waals surface area (Å²) in [6.07, 6.45) is 9.11. The van der Waals surface area contributed by atoms with Gasteiger partial charge in [-0.15, -0.1) is 0 Å². The molecule has 138 valence electrons. The second kappa shape index (κ2) is 7.33. The number of hydrogen-bond acceptors (Lipinski definition) is 2. The zero-order valence-electron chi connectivity index (χ0n) is 15.5. The summed E-state index contributed by atoms with van der Waals surface area (Å²) in [5, 5.41) is 2.40. The lowest BCUT2D eigenvalue weighted by atomic mass is 9.95. The van der Waals surface area contributed by atoms with Crippen molar-refractivity contribution < 1.29 is 4.21 Å². The maximum Gasteiger partial charge on any atom is 0.0794 e. The summed E-state index contributed by atoms with van der Waals surface area (Å²) in [6.45, 7) is 0. The van der Waals surface area contributed by atoms with E-state index in [0.717, 1.165) is 34.7 Å². The van der Waals surface area contributed by atoms with Crippen molar-refractivity contribution in [2.45, 2.75) is 29.4 Å². The van der Waals surface area contributed by atoms with Gasteiger partial charge in [-0.25, -0.2) is 0 Å². The maximum atomic E-state index is 13.5. The van der Waals surface area contributed by atoms with Gasteiger partial charge in [-0.05, 0) is 47.4 Å². The molecule has 0 amide bonds. The number of allylic oxidation sites excluding steroid dienone is 3. The third kappa shape index (κ3) is 3.16. The van der Waals surface area contributed by atoms with Gasteiger partial charge in [-0.3, -0.25) is 9.20 Å². The minimum Gasteiger partial charge on any atom is -0.254 e. The van der Waals surface area contributed by atoms with Crippen LogP contribution in [0.15, 0.2) is 100 Å². The van der Waals surface area contributed by atoms with Gasteiger partial charge in [0.1, 0.15) is 0 Å². The Morgan fingerprint density at radius 3 is 2.61 bits per heavy atom. The van der Waals surface area contributed by atoms with Crippen LogP contribution >= 0.6 is 0 Å². The lowest BCUT2D eigenvalue weighted by molar-refractivity contribution is 0.674. The van der Waals surface area contributed by atoms with Crippen LogP contribution in [0.1, 0.15) is 24.8 Å². The summed E-state index contributed by atoms with van der Waals surface area (Å²) in [4.78, 5) is 5.84. The molecule has 0 N–H and O–H groups in total. The predicted octanol–water partition coefficient (Wildman–Crippen LogP) is 6.12. The van der Waals surface area contributed by atoms with E-state index in [4.69, 9.17) is 4.99 Å². The first-order valence-electron chi connectivity index (χ1n) is 9.71. The summed E-state index contributed by atoms with van der Waals surface area (Å²) >= 11 is 0. The maximum absolute atomic E-state index is 13.5. The predicted molar refractivity (Wildman–Crippen MR) is 118 cm³/mol. The summed E-state index contributed by atoms with van der Waals surface area (Å²) in [5.74, 6) is 0. The first-order chi connectivity index (χ1) is 13.8. The van der Waals surface area contributed by atoms with Crippen LogP contribution in [0.25, 0.3) is 10.8 Å². The number of rotatable bonds is 2. The minimum atomic E-state index is -1.11. The Hall–Kier alpha value is -2.78. The van der Waals surface area contributed by atoms with Crippen molar-refractivity contribution in [1.29, 1.82) is 0 Å². The molecule has 2 aliphatic rings. The first-order valence-corrected chi connectivity index (χ1v) is 10.9. The molecule has 0 saturated heterocycles. The summed E-state index contributed by atoms with van der Waals surface area (Å²) in [7, 11) is -1.11. The van der Waals surface area contributed by atoms with E-state index in [1.807, 2.05) is 24.3 Å². The smallest absolute Gasteiger partial charge is 0.0794 e. The lowest BCUT2D eigenvalue weighted by Crippen LogP contribution is -2.22. The number of nitrogens with zero attached hydrogens (tertiary/aromatic N) is 1. The Morgan fingerprint density at radius 2 is 1.75 bits per heavy atom. The minimum absolute atomic E-state index is 0.0289. The first kappa shape index (κ1) is 17.3. The van der Waals surface area contributed by atoms with Crippen molar-refractivity contribution >= 4 is 33.0 Å². The van der Waals surface area contributed by atoms with Crippen LogP contribution in [0.2, 0.25) is 0 Å². The van der Waals surface area contributed by atoms with Crippen molar-refractivity contribution in [3.63, 3.8) is 0 Å². The Kier molecular flexibility index (Phi) is 4.53. The monoisotopic (exact) mass is 383 g/mol. The van der Waals surface area contributed by atoms with Gasteiger partial charge in [0.25, 0.3) is 0 Å². The van der Waals surface area contributed by atoms with Gasteiger partial charge >= 0.3 is 0 Å². The molecule has 3 aromatic carbocycles. The largest absolute Gasteiger partial charge is 0.254 e. The molecule has 0 unspecified atom stereocenters. The van der Waals surface area contributed by atoms with Crippen LogP contribution in [0.5, 0.6) is 0 Å². The molecule has 1 heterocycles. The Bertz CT molecular complexity index is 1170. The van der Waals surface area contributed by atoms with E-state index < -0.39 is 10.8 Å². The summed E-state index contributed by atoms with van der Waals surface area (Å²) in [6, 6.07) is 22.8. The topological polar surface area (TPSA) is 29.4 Å². The molecule has 0 saturated carbocycles. The van der Waals surface area contributed by atoms with Gasteiger partial charge in [-0.1, -0.05) is 72.3 Å². The zero-order chi connectivity index (χ0) is 18.9. The molecule has 0 fully saturated rings. The van der Waals surface area contributed by atoms with Crippen molar-refractivity contribution in [2.75, 3.05) is 0 Å². The fourth-order valence-electron chi connectivity index (χ4n) is 4.02. The molecule has 0 aromatic heterocycles. The van der Waals surface area contributed by atoms with Gasteiger partial charge in [0.2, 0.25) is 0 Å². The standard InChI is InChI=1S/C25H21NOS/c27-28-24-13-7-6-12-22(24)26-23(17-25(28)19-9-2-1-3-10-19)21-15-14-18-8-4-5-11-20(18)16-21/h1-2,4-9,11-16,25H,3,10,17H2/t25-,28+/m1/s1. The van der Waals surface area contributed by atoms with Crippen LogP contribution < -0.4 is 0 Å². The van der Waals surface area contributed by atoms with Crippen LogP contribution in [-0.4, -0.2) is 15.2 Å². The van der Waals surface area contributed by atoms with Gasteiger partial charge in [-0.2, -0.15) is 0 Å². The van der Waals surface area contributed by atoms with E-state index in [9.17, 15) is 4.21 Å². The Labute approximate surface area is 167 Å². The highest BCUT2D eigenvalue weighted by molar-refractivity contribution is 7.86. The van der Waals surface area contributed by atoms with Crippen LogP contribution in [-0.2, 0) is 10.8 Å². The second-order valence-corrected chi connectivity index (χ2v) is 8.89. The van der Waals surface area contributed by atoms with Crippen molar-refractivity contribution in [1.82, 2.24) is 0 Å². The van der Waals surface area contributed by atoms with E-state index >= 15 is 0 Å². The van der Waals surface area contributed by atoms with Crippen LogP contribution in [0.4, 0.5) is 5.69 Å². The van der Waals surface area contributed by atoms with Crippen molar-refractivity contribution in [2.24, 2.45) is 4.99 Å². The van der Waals surface area contributed by atoms with Crippen LogP contribution in [0.3, 0.4) is 0 Å². The highest BCUT2D eigenvalue weighted by atomic mass is 32.2. The molecular formula is C25H21NOS. The molecule has 1 aliphatic heterocycles. The fourth-order valence-corrected chi connectivity index (χ4v) is 5.64. The lowest BCUT2D eigenvalue weighted by Gasteiger charge is -2.20. The SMILES string of the molecule is O=[S@]1c2ccccc2N=C(c2ccc3ccccc3c2)C[C@@H]1C1=CC=CCC1. The average Bonchev–Trinajstić information content (AvgIpc) is 2.91. The third-order valence-electron chi connectivity index (χ3n) is 5.52. The molecular weight excluding hydrogens is 362 g/mol.